The Hall–Kier alpha value is -3.35. The molecule has 0 radical (unpaired) electrons. The van der Waals surface area contributed by atoms with E-state index in [1.54, 1.807) is 18.2 Å². The zero-order valence-corrected chi connectivity index (χ0v) is 17.5. The van der Waals surface area contributed by atoms with Gasteiger partial charge in [-0.1, -0.05) is 24.6 Å². The van der Waals surface area contributed by atoms with Crippen molar-refractivity contribution in [3.05, 3.63) is 53.1 Å². The van der Waals surface area contributed by atoms with Crippen molar-refractivity contribution in [2.75, 3.05) is 31.2 Å². The largest absolute Gasteiger partial charge is 0.485 e. The topological polar surface area (TPSA) is 84.9 Å². The van der Waals surface area contributed by atoms with Gasteiger partial charge in [0.25, 0.3) is 5.91 Å². The van der Waals surface area contributed by atoms with Gasteiger partial charge in [0, 0.05) is 12.1 Å². The van der Waals surface area contributed by atoms with E-state index in [1.807, 2.05) is 39.0 Å². The van der Waals surface area contributed by atoms with Gasteiger partial charge >= 0.3 is 0 Å². The second-order valence-electron chi connectivity index (χ2n) is 7.28. The maximum Gasteiger partial charge on any atom is 0.265 e. The number of nitrogens with zero attached hydrogens (tertiary/aromatic N) is 1. The third-order valence-electron chi connectivity index (χ3n) is 4.79. The van der Waals surface area contributed by atoms with Gasteiger partial charge in [0.15, 0.2) is 19.0 Å². The van der Waals surface area contributed by atoms with E-state index in [0.717, 1.165) is 17.5 Å². The van der Waals surface area contributed by atoms with Crippen LogP contribution in [0.5, 0.6) is 11.5 Å². The molecule has 0 saturated carbocycles. The Labute approximate surface area is 176 Å². The number of carbonyl (C=O) groups excluding carboxylic acids is 3. The van der Waals surface area contributed by atoms with Gasteiger partial charge in [0.2, 0.25) is 5.91 Å². The number of aryl methyl sites for hydroxylation is 2. The van der Waals surface area contributed by atoms with Crippen LogP contribution in [0, 0.1) is 13.8 Å². The minimum Gasteiger partial charge on any atom is -0.485 e. The number of benzene rings is 2. The summed E-state index contributed by atoms with van der Waals surface area (Å²) in [5.41, 5.74) is 2.87. The Morgan fingerprint density at radius 3 is 2.70 bits per heavy atom. The molecule has 0 fully saturated rings. The Kier molecular flexibility index (Phi) is 6.72. The number of carbonyl (C=O) groups is 3. The Morgan fingerprint density at radius 2 is 1.97 bits per heavy atom. The molecule has 0 saturated heterocycles. The van der Waals surface area contributed by atoms with Crippen LogP contribution in [-0.4, -0.2) is 43.9 Å². The summed E-state index contributed by atoms with van der Waals surface area (Å²) in [5.74, 6) is 0.300. The number of ether oxygens (including phenoxy) is 2. The molecule has 0 aromatic heterocycles. The van der Waals surface area contributed by atoms with E-state index in [-0.39, 0.29) is 37.4 Å². The summed E-state index contributed by atoms with van der Waals surface area (Å²) in [6, 6.07) is 10.6. The van der Waals surface area contributed by atoms with E-state index in [2.05, 4.69) is 5.32 Å². The second kappa shape index (κ2) is 9.43. The van der Waals surface area contributed by atoms with E-state index in [9.17, 15) is 14.4 Å². The first-order valence-electron chi connectivity index (χ1n) is 9.96. The standard InChI is InChI=1S/C23H26N2O5/c1-4-9-24-22(27)12-25-18-11-17(6-8-21(18)30-14-23(25)28)19(26)13-29-20-7-5-15(2)10-16(20)3/h5-8,10-11H,4,9,12-14H2,1-3H3,(H,24,27). The number of hydrogen-bond acceptors (Lipinski definition) is 5. The fraction of sp³-hybridized carbons (Fsp3) is 0.348. The minimum atomic E-state index is -0.328. The molecule has 0 spiro atoms. The monoisotopic (exact) mass is 410 g/mol. The Bertz CT molecular complexity index is 970. The molecular weight excluding hydrogens is 384 g/mol. The molecule has 30 heavy (non-hydrogen) atoms. The number of ketones is 1. The number of amides is 2. The highest BCUT2D eigenvalue weighted by molar-refractivity contribution is 6.04. The molecule has 1 N–H and O–H groups in total. The van der Waals surface area contributed by atoms with Crippen LogP contribution in [0.25, 0.3) is 0 Å². The molecule has 1 aliphatic rings. The van der Waals surface area contributed by atoms with Crippen LogP contribution in [0.2, 0.25) is 0 Å². The van der Waals surface area contributed by atoms with Crippen molar-refractivity contribution in [3.8, 4) is 11.5 Å². The molecule has 0 unspecified atom stereocenters. The van der Waals surface area contributed by atoms with Gasteiger partial charge < -0.3 is 14.8 Å². The third kappa shape index (κ3) is 4.97. The highest BCUT2D eigenvalue weighted by atomic mass is 16.5. The quantitative estimate of drug-likeness (QED) is 0.677. The molecule has 2 amide bonds. The molecule has 2 aromatic carbocycles. The van der Waals surface area contributed by atoms with E-state index in [4.69, 9.17) is 9.47 Å². The first-order valence-corrected chi connectivity index (χ1v) is 9.96. The molecule has 7 heteroatoms. The molecule has 2 aromatic rings. The lowest BCUT2D eigenvalue weighted by Gasteiger charge is -2.29. The van der Waals surface area contributed by atoms with Crippen LogP contribution in [0.1, 0.15) is 34.8 Å². The summed E-state index contributed by atoms with van der Waals surface area (Å²) < 4.78 is 11.1. The van der Waals surface area contributed by atoms with E-state index in [0.29, 0.717) is 29.3 Å². The van der Waals surface area contributed by atoms with Gasteiger partial charge in [-0.2, -0.15) is 0 Å². The number of fused-ring (bicyclic) bond motifs is 1. The highest BCUT2D eigenvalue weighted by Gasteiger charge is 2.28. The molecule has 7 nitrogen and oxygen atoms in total. The number of nitrogens with one attached hydrogen (secondary N) is 1. The fourth-order valence-corrected chi connectivity index (χ4v) is 3.20. The smallest absolute Gasteiger partial charge is 0.265 e. The van der Waals surface area contributed by atoms with Gasteiger partial charge in [-0.25, -0.2) is 0 Å². The Morgan fingerprint density at radius 1 is 1.17 bits per heavy atom. The average Bonchev–Trinajstić information content (AvgIpc) is 2.73. The summed E-state index contributed by atoms with van der Waals surface area (Å²) >= 11 is 0. The minimum absolute atomic E-state index is 0.119. The molecule has 1 aliphatic heterocycles. The normalized spacial score (nSPS) is 12.8. The van der Waals surface area contributed by atoms with Gasteiger partial charge in [-0.05, 0) is 50.1 Å². The van der Waals surface area contributed by atoms with Crippen LogP contribution in [0.4, 0.5) is 5.69 Å². The highest BCUT2D eigenvalue weighted by Crippen LogP contribution is 2.33. The Balaban J connectivity index is 1.75. The van der Waals surface area contributed by atoms with Gasteiger partial charge in [0.05, 0.1) is 5.69 Å². The lowest BCUT2D eigenvalue weighted by Crippen LogP contribution is -2.45. The van der Waals surface area contributed by atoms with Crippen molar-refractivity contribution in [1.29, 1.82) is 0 Å². The van der Waals surface area contributed by atoms with Gasteiger partial charge in [0.1, 0.15) is 18.0 Å². The summed E-state index contributed by atoms with van der Waals surface area (Å²) in [6.45, 7) is 6.02. The predicted molar refractivity (Wildman–Crippen MR) is 113 cm³/mol. The van der Waals surface area contributed by atoms with Crippen LogP contribution in [0.3, 0.4) is 0 Å². The van der Waals surface area contributed by atoms with Gasteiger partial charge in [-0.3, -0.25) is 19.3 Å². The van der Waals surface area contributed by atoms with Crippen LogP contribution in [-0.2, 0) is 9.59 Å². The number of anilines is 1. The molecule has 158 valence electrons. The third-order valence-corrected chi connectivity index (χ3v) is 4.79. The van der Waals surface area contributed by atoms with Crippen molar-refractivity contribution in [1.82, 2.24) is 5.32 Å². The van der Waals surface area contributed by atoms with E-state index < -0.39 is 0 Å². The fourth-order valence-electron chi connectivity index (χ4n) is 3.20. The van der Waals surface area contributed by atoms with Crippen molar-refractivity contribution >= 4 is 23.3 Å². The van der Waals surface area contributed by atoms with Crippen LogP contribution >= 0.6 is 0 Å². The molecule has 3 rings (SSSR count). The zero-order valence-electron chi connectivity index (χ0n) is 17.5. The second-order valence-corrected chi connectivity index (χ2v) is 7.28. The summed E-state index contributed by atoms with van der Waals surface area (Å²) in [4.78, 5) is 38.5. The maximum absolute atomic E-state index is 12.7. The van der Waals surface area contributed by atoms with Crippen LogP contribution in [0.15, 0.2) is 36.4 Å². The van der Waals surface area contributed by atoms with E-state index in [1.165, 1.54) is 4.90 Å². The first-order chi connectivity index (χ1) is 14.4. The average molecular weight is 410 g/mol. The summed E-state index contributed by atoms with van der Waals surface area (Å²) in [7, 11) is 0. The summed E-state index contributed by atoms with van der Waals surface area (Å²) in [6.07, 6.45) is 0.804. The maximum atomic E-state index is 12.7. The van der Waals surface area contributed by atoms with Gasteiger partial charge in [-0.15, -0.1) is 0 Å². The van der Waals surface area contributed by atoms with Crippen molar-refractivity contribution in [3.63, 3.8) is 0 Å². The molecular formula is C23H26N2O5. The lowest BCUT2D eigenvalue weighted by molar-refractivity contribution is -0.125. The van der Waals surface area contributed by atoms with Crippen LogP contribution < -0.4 is 19.7 Å². The van der Waals surface area contributed by atoms with E-state index >= 15 is 0 Å². The van der Waals surface area contributed by atoms with Crippen molar-refractivity contribution < 1.29 is 23.9 Å². The SMILES string of the molecule is CCCNC(=O)CN1C(=O)COc2ccc(C(=O)COc3ccc(C)cc3C)cc21. The number of Topliss-reactive ketones (excluding diaryl/α,β-unsaturated/α-hetero) is 1. The molecule has 0 bridgehead atoms. The first kappa shape index (κ1) is 21.4. The molecule has 0 atom stereocenters. The molecule has 0 aliphatic carbocycles. The lowest BCUT2D eigenvalue weighted by atomic mass is 10.1. The number of hydrogen-bond donors (Lipinski definition) is 1. The summed E-state index contributed by atoms with van der Waals surface area (Å²) in [5, 5.41) is 2.76. The zero-order chi connectivity index (χ0) is 21.7. The molecule has 1 heterocycles. The number of rotatable bonds is 8. The van der Waals surface area contributed by atoms with Crippen molar-refractivity contribution in [2.45, 2.75) is 27.2 Å². The van der Waals surface area contributed by atoms with Crippen molar-refractivity contribution in [2.24, 2.45) is 0 Å². The predicted octanol–water partition coefficient (Wildman–Crippen LogP) is 2.82.